The highest BCUT2D eigenvalue weighted by molar-refractivity contribution is 7.89. The Hall–Kier alpha value is -0.820. The van der Waals surface area contributed by atoms with E-state index in [-0.39, 0.29) is 22.7 Å². The normalized spacial score (nSPS) is 23.7. The lowest BCUT2D eigenvalue weighted by molar-refractivity contribution is 0.0236. The molecule has 0 spiro atoms. The Kier molecular flexibility index (Phi) is 3.82. The maximum Gasteiger partial charge on any atom is 0.242 e. The van der Waals surface area contributed by atoms with Gasteiger partial charge in [0.05, 0.1) is 11.8 Å². The summed E-state index contributed by atoms with van der Waals surface area (Å²) < 4.78 is 31.9. The first-order chi connectivity index (χ1) is 8.42. The van der Waals surface area contributed by atoms with Gasteiger partial charge in [-0.2, -0.15) is 0 Å². The zero-order chi connectivity index (χ0) is 13.3. The number of nitrogens with one attached hydrogen (secondary N) is 1. The van der Waals surface area contributed by atoms with Gasteiger partial charge in [-0.05, 0) is 31.0 Å². The Morgan fingerprint density at radius 1 is 1.44 bits per heavy atom. The molecule has 7 heteroatoms. The average Bonchev–Trinajstić information content (AvgIpc) is 2.22. The number of benzene rings is 1. The van der Waals surface area contributed by atoms with Crippen LogP contribution in [0.25, 0.3) is 0 Å². The van der Waals surface area contributed by atoms with Gasteiger partial charge >= 0.3 is 0 Å². The molecule has 0 saturated heterocycles. The fraction of sp³-hybridized carbons (Fsp3) is 0.455. The minimum atomic E-state index is -3.59. The third-order valence-electron chi connectivity index (χ3n) is 3.01. The molecular weight excluding hydrogens is 276 g/mol. The Labute approximate surface area is 111 Å². The molecule has 2 rings (SSSR count). The summed E-state index contributed by atoms with van der Waals surface area (Å²) in [6.45, 7) is 0. The summed E-state index contributed by atoms with van der Waals surface area (Å²) in [5, 5.41) is 0.412. The lowest BCUT2D eigenvalue weighted by atomic mass is 9.90. The van der Waals surface area contributed by atoms with Crippen molar-refractivity contribution in [2.75, 3.05) is 12.8 Å². The Morgan fingerprint density at radius 3 is 2.67 bits per heavy atom. The number of hydrogen-bond donors (Lipinski definition) is 2. The Bertz CT molecular complexity index is 541. The lowest BCUT2D eigenvalue weighted by Crippen LogP contribution is -2.47. The Morgan fingerprint density at radius 2 is 2.11 bits per heavy atom. The topological polar surface area (TPSA) is 81.4 Å². The number of hydrogen-bond acceptors (Lipinski definition) is 4. The largest absolute Gasteiger partial charge is 0.398 e. The van der Waals surface area contributed by atoms with Crippen molar-refractivity contribution in [1.29, 1.82) is 0 Å². The van der Waals surface area contributed by atoms with E-state index < -0.39 is 10.0 Å². The second-order valence-electron chi connectivity index (χ2n) is 4.33. The zero-order valence-electron chi connectivity index (χ0n) is 9.89. The molecule has 0 radical (unpaired) electrons. The van der Waals surface area contributed by atoms with Gasteiger partial charge < -0.3 is 10.5 Å². The maximum atomic E-state index is 12.1. The molecule has 1 saturated carbocycles. The van der Waals surface area contributed by atoms with Gasteiger partial charge in [0.2, 0.25) is 10.0 Å². The van der Waals surface area contributed by atoms with Crippen molar-refractivity contribution < 1.29 is 13.2 Å². The van der Waals surface area contributed by atoms with Crippen LogP contribution < -0.4 is 10.5 Å². The Balaban J connectivity index is 2.11. The fourth-order valence-corrected chi connectivity index (χ4v) is 3.46. The van der Waals surface area contributed by atoms with Crippen LogP contribution in [0.3, 0.4) is 0 Å². The molecule has 3 N–H and O–H groups in total. The lowest BCUT2D eigenvalue weighted by Gasteiger charge is -2.34. The number of halogens is 1. The van der Waals surface area contributed by atoms with E-state index in [0.29, 0.717) is 17.9 Å². The molecule has 0 atom stereocenters. The predicted molar refractivity (Wildman–Crippen MR) is 70.0 cm³/mol. The molecule has 100 valence electrons. The van der Waals surface area contributed by atoms with Crippen LogP contribution in [0.2, 0.25) is 5.02 Å². The summed E-state index contributed by atoms with van der Waals surface area (Å²) in [5.74, 6) is 0. The highest BCUT2D eigenvalue weighted by Gasteiger charge is 2.33. The second-order valence-corrected chi connectivity index (χ2v) is 6.45. The smallest absolute Gasteiger partial charge is 0.242 e. The van der Waals surface area contributed by atoms with Gasteiger partial charge in [-0.1, -0.05) is 11.6 Å². The summed E-state index contributed by atoms with van der Waals surface area (Å²) >= 11 is 5.74. The van der Waals surface area contributed by atoms with Crippen LogP contribution in [-0.2, 0) is 14.8 Å². The molecule has 0 bridgehead atoms. The van der Waals surface area contributed by atoms with Crippen LogP contribution in [0, 0.1) is 0 Å². The van der Waals surface area contributed by atoms with E-state index in [1.165, 1.54) is 18.2 Å². The van der Waals surface area contributed by atoms with Gasteiger partial charge in [0.25, 0.3) is 0 Å². The minimum absolute atomic E-state index is 0.0627. The summed E-state index contributed by atoms with van der Waals surface area (Å²) in [6, 6.07) is 4.25. The van der Waals surface area contributed by atoms with Crippen LogP contribution in [0.4, 0.5) is 5.69 Å². The van der Waals surface area contributed by atoms with Crippen LogP contribution in [0.15, 0.2) is 23.1 Å². The van der Waals surface area contributed by atoms with E-state index in [4.69, 9.17) is 22.1 Å². The summed E-state index contributed by atoms with van der Waals surface area (Å²) in [4.78, 5) is 0.0627. The van der Waals surface area contributed by atoms with Crippen molar-refractivity contribution in [3.63, 3.8) is 0 Å². The van der Waals surface area contributed by atoms with Crippen LogP contribution in [-0.4, -0.2) is 27.7 Å². The van der Waals surface area contributed by atoms with E-state index in [1.807, 2.05) is 0 Å². The number of nitrogen functional groups attached to an aromatic ring is 1. The number of rotatable bonds is 4. The predicted octanol–water partition coefficient (Wildman–Crippen LogP) is 1.38. The molecule has 0 aliphatic heterocycles. The number of ether oxygens (including phenoxy) is 1. The van der Waals surface area contributed by atoms with E-state index in [0.717, 1.165) is 0 Å². The van der Waals surface area contributed by atoms with Crippen molar-refractivity contribution in [2.24, 2.45) is 0 Å². The van der Waals surface area contributed by atoms with Gasteiger partial charge in [0, 0.05) is 18.2 Å². The quantitative estimate of drug-likeness (QED) is 0.821. The molecule has 1 aliphatic rings. The number of anilines is 1. The molecule has 0 aromatic heterocycles. The van der Waals surface area contributed by atoms with Crippen LogP contribution >= 0.6 is 11.6 Å². The third-order valence-corrected chi connectivity index (χ3v) is 4.84. The van der Waals surface area contributed by atoms with Crippen LogP contribution in [0.1, 0.15) is 12.8 Å². The van der Waals surface area contributed by atoms with Gasteiger partial charge in [-0.25, -0.2) is 13.1 Å². The monoisotopic (exact) mass is 290 g/mol. The average molecular weight is 291 g/mol. The highest BCUT2D eigenvalue weighted by Crippen LogP contribution is 2.27. The standard InChI is InChI=1S/C11H15ClN2O3S/c1-17-9-5-8(6-9)14-18(15,16)11-3-2-7(12)4-10(11)13/h2-4,8-9,14H,5-6,13H2,1H3. The van der Waals surface area contributed by atoms with E-state index in [1.54, 1.807) is 7.11 Å². The first-order valence-electron chi connectivity index (χ1n) is 5.52. The van der Waals surface area contributed by atoms with Gasteiger partial charge in [-0.3, -0.25) is 0 Å². The third kappa shape index (κ3) is 2.77. The molecule has 1 aromatic carbocycles. The van der Waals surface area contributed by atoms with Crippen molar-refractivity contribution >= 4 is 27.3 Å². The minimum Gasteiger partial charge on any atom is -0.398 e. The van der Waals surface area contributed by atoms with E-state index in [9.17, 15) is 8.42 Å². The SMILES string of the molecule is COC1CC(NS(=O)(=O)c2ccc(Cl)cc2N)C1. The second kappa shape index (κ2) is 5.05. The summed E-state index contributed by atoms with van der Waals surface area (Å²) in [7, 11) is -1.97. The number of sulfonamides is 1. The highest BCUT2D eigenvalue weighted by atomic mass is 35.5. The number of nitrogens with two attached hydrogens (primary N) is 1. The first-order valence-corrected chi connectivity index (χ1v) is 7.38. The van der Waals surface area contributed by atoms with Crippen LogP contribution in [0.5, 0.6) is 0 Å². The summed E-state index contributed by atoms with van der Waals surface area (Å²) in [6.07, 6.45) is 1.51. The van der Waals surface area contributed by atoms with Crippen molar-refractivity contribution in [3.05, 3.63) is 23.2 Å². The molecule has 0 unspecified atom stereocenters. The molecule has 0 heterocycles. The van der Waals surface area contributed by atoms with Gasteiger partial charge in [-0.15, -0.1) is 0 Å². The van der Waals surface area contributed by atoms with E-state index >= 15 is 0 Å². The molecule has 18 heavy (non-hydrogen) atoms. The first kappa shape index (κ1) is 13.6. The molecule has 1 fully saturated rings. The fourth-order valence-electron chi connectivity index (χ4n) is 1.90. The van der Waals surface area contributed by atoms with Crippen molar-refractivity contribution in [3.8, 4) is 0 Å². The molecule has 1 aromatic rings. The molecule has 5 nitrogen and oxygen atoms in total. The summed E-state index contributed by atoms with van der Waals surface area (Å²) in [5.41, 5.74) is 5.82. The van der Waals surface area contributed by atoms with E-state index in [2.05, 4.69) is 4.72 Å². The van der Waals surface area contributed by atoms with Gasteiger partial charge in [0.1, 0.15) is 4.90 Å². The maximum absolute atomic E-state index is 12.1. The zero-order valence-corrected chi connectivity index (χ0v) is 11.5. The molecule has 1 aliphatic carbocycles. The molecule has 0 amide bonds. The van der Waals surface area contributed by atoms with Gasteiger partial charge in [0.15, 0.2) is 0 Å². The molecular formula is C11H15ClN2O3S. The van der Waals surface area contributed by atoms with Crippen molar-refractivity contribution in [1.82, 2.24) is 4.72 Å². The van der Waals surface area contributed by atoms with Crippen molar-refractivity contribution in [2.45, 2.75) is 29.9 Å². The number of methoxy groups -OCH3 is 1.